The predicted octanol–water partition coefficient (Wildman–Crippen LogP) is 1.94. The molecule has 0 aromatic carbocycles. The number of nitro groups is 1. The molecule has 84 valence electrons. The van der Waals surface area contributed by atoms with Gasteiger partial charge in [0.15, 0.2) is 0 Å². The van der Waals surface area contributed by atoms with Crippen LogP contribution < -0.4 is 5.32 Å². The largest absolute Gasteiger partial charge is 0.365 e. The van der Waals surface area contributed by atoms with Crippen molar-refractivity contribution in [3.05, 3.63) is 15.8 Å². The first-order valence-electron chi connectivity index (χ1n) is 5.07. The Morgan fingerprint density at radius 2 is 2.20 bits per heavy atom. The molecule has 6 heteroatoms. The van der Waals surface area contributed by atoms with Gasteiger partial charge in [0.1, 0.15) is 5.69 Å². The van der Waals surface area contributed by atoms with E-state index in [4.69, 9.17) is 0 Å². The Morgan fingerprint density at radius 3 is 2.67 bits per heavy atom. The van der Waals surface area contributed by atoms with Gasteiger partial charge >= 0.3 is 5.69 Å². The summed E-state index contributed by atoms with van der Waals surface area (Å²) in [6.07, 6.45) is 0.922. The molecule has 0 aliphatic carbocycles. The van der Waals surface area contributed by atoms with Crippen LogP contribution in [0.5, 0.6) is 0 Å². The third kappa shape index (κ3) is 2.26. The summed E-state index contributed by atoms with van der Waals surface area (Å²) in [5.74, 6) is 0.516. The van der Waals surface area contributed by atoms with Gasteiger partial charge in [0.2, 0.25) is 5.82 Å². The third-order valence-corrected chi connectivity index (χ3v) is 2.12. The van der Waals surface area contributed by atoms with Crippen molar-refractivity contribution < 1.29 is 4.92 Å². The Labute approximate surface area is 88.4 Å². The van der Waals surface area contributed by atoms with Gasteiger partial charge in [0, 0.05) is 13.1 Å². The van der Waals surface area contributed by atoms with E-state index in [0.29, 0.717) is 24.6 Å². The summed E-state index contributed by atoms with van der Waals surface area (Å²) < 4.78 is 1.63. The van der Waals surface area contributed by atoms with Crippen molar-refractivity contribution in [2.24, 2.45) is 0 Å². The van der Waals surface area contributed by atoms with Crippen molar-refractivity contribution in [3.8, 4) is 0 Å². The molecule has 15 heavy (non-hydrogen) atoms. The van der Waals surface area contributed by atoms with Gasteiger partial charge in [-0.15, -0.1) is 0 Å². The Kier molecular flexibility index (Phi) is 3.65. The van der Waals surface area contributed by atoms with Crippen LogP contribution in [0, 0.1) is 17.0 Å². The molecule has 1 aromatic heterocycles. The van der Waals surface area contributed by atoms with Crippen molar-refractivity contribution in [1.82, 2.24) is 9.78 Å². The number of rotatable bonds is 5. The van der Waals surface area contributed by atoms with Gasteiger partial charge in [0.05, 0.1) is 4.92 Å². The predicted molar refractivity (Wildman–Crippen MR) is 58.1 cm³/mol. The van der Waals surface area contributed by atoms with E-state index in [1.807, 2.05) is 13.8 Å². The molecule has 0 amide bonds. The monoisotopic (exact) mass is 212 g/mol. The molecule has 0 spiro atoms. The van der Waals surface area contributed by atoms with Crippen molar-refractivity contribution in [3.63, 3.8) is 0 Å². The highest BCUT2D eigenvalue weighted by Gasteiger charge is 2.23. The van der Waals surface area contributed by atoms with Gasteiger partial charge in [-0.05, 0) is 20.3 Å². The Morgan fingerprint density at radius 1 is 1.53 bits per heavy atom. The number of aromatic nitrogens is 2. The van der Waals surface area contributed by atoms with Crippen LogP contribution in [0.2, 0.25) is 0 Å². The first-order chi connectivity index (χ1) is 7.11. The Balaban J connectivity index is 3.11. The van der Waals surface area contributed by atoms with E-state index >= 15 is 0 Å². The lowest BCUT2D eigenvalue weighted by atomic mass is 10.3. The molecule has 1 heterocycles. The zero-order valence-corrected chi connectivity index (χ0v) is 9.28. The van der Waals surface area contributed by atoms with E-state index in [9.17, 15) is 10.1 Å². The number of anilines is 1. The van der Waals surface area contributed by atoms with Crippen molar-refractivity contribution in [1.29, 1.82) is 0 Å². The summed E-state index contributed by atoms with van der Waals surface area (Å²) in [6.45, 7) is 6.92. The number of aryl methyl sites for hydroxylation is 2. The number of hydrogen-bond donors (Lipinski definition) is 1. The minimum atomic E-state index is -0.382. The summed E-state index contributed by atoms with van der Waals surface area (Å²) >= 11 is 0. The topological polar surface area (TPSA) is 73.0 Å². The molecule has 0 unspecified atom stereocenters. The number of hydrogen-bond acceptors (Lipinski definition) is 4. The van der Waals surface area contributed by atoms with Crippen LogP contribution in [0.25, 0.3) is 0 Å². The molecule has 0 saturated heterocycles. The average molecular weight is 212 g/mol. The second-order valence-corrected chi connectivity index (χ2v) is 3.28. The summed E-state index contributed by atoms with van der Waals surface area (Å²) in [7, 11) is 0. The quantitative estimate of drug-likeness (QED) is 0.598. The molecule has 6 nitrogen and oxygen atoms in total. The second kappa shape index (κ2) is 4.77. The average Bonchev–Trinajstić information content (AvgIpc) is 2.51. The van der Waals surface area contributed by atoms with Crippen molar-refractivity contribution in [2.75, 3.05) is 11.9 Å². The van der Waals surface area contributed by atoms with Crippen LogP contribution in [-0.2, 0) is 6.54 Å². The molecule has 0 aliphatic heterocycles. The van der Waals surface area contributed by atoms with Gasteiger partial charge in [-0.25, -0.2) is 4.68 Å². The van der Waals surface area contributed by atoms with Crippen molar-refractivity contribution in [2.45, 2.75) is 33.7 Å². The van der Waals surface area contributed by atoms with Gasteiger partial charge in [-0.3, -0.25) is 10.1 Å². The summed E-state index contributed by atoms with van der Waals surface area (Å²) in [6, 6.07) is 0. The SMILES string of the molecule is CCCNc1c([N+](=O)[O-])c(C)nn1CC. The number of nitrogens with one attached hydrogen (secondary N) is 1. The van der Waals surface area contributed by atoms with E-state index in [1.54, 1.807) is 11.6 Å². The molecule has 0 radical (unpaired) electrons. The lowest BCUT2D eigenvalue weighted by Gasteiger charge is -2.05. The third-order valence-electron chi connectivity index (χ3n) is 2.12. The van der Waals surface area contributed by atoms with Crippen LogP contribution in [0.4, 0.5) is 11.5 Å². The molecule has 0 bridgehead atoms. The molecule has 0 aliphatic rings. The first-order valence-corrected chi connectivity index (χ1v) is 5.07. The van der Waals surface area contributed by atoms with Crippen LogP contribution in [0.1, 0.15) is 26.0 Å². The molecule has 1 N–H and O–H groups in total. The standard InChI is InChI=1S/C9H16N4O2/c1-4-6-10-9-8(13(14)15)7(3)11-12(9)5-2/h10H,4-6H2,1-3H3. The smallest absolute Gasteiger partial charge is 0.333 e. The first kappa shape index (κ1) is 11.5. The van der Waals surface area contributed by atoms with Gasteiger partial charge in [0.25, 0.3) is 0 Å². The normalized spacial score (nSPS) is 10.3. The molecular formula is C9H16N4O2. The van der Waals surface area contributed by atoms with Gasteiger partial charge < -0.3 is 5.32 Å². The van der Waals surface area contributed by atoms with Gasteiger partial charge in [-0.1, -0.05) is 6.92 Å². The van der Waals surface area contributed by atoms with E-state index in [2.05, 4.69) is 10.4 Å². The second-order valence-electron chi connectivity index (χ2n) is 3.28. The lowest BCUT2D eigenvalue weighted by molar-refractivity contribution is -0.384. The van der Waals surface area contributed by atoms with E-state index in [0.717, 1.165) is 6.42 Å². The summed E-state index contributed by atoms with van der Waals surface area (Å²) in [5.41, 5.74) is 0.547. The van der Waals surface area contributed by atoms with Gasteiger partial charge in [-0.2, -0.15) is 5.10 Å². The summed E-state index contributed by atoms with van der Waals surface area (Å²) in [4.78, 5) is 10.5. The lowest BCUT2D eigenvalue weighted by Crippen LogP contribution is -2.08. The molecule has 0 saturated carbocycles. The highest BCUT2D eigenvalue weighted by Crippen LogP contribution is 2.27. The fourth-order valence-corrected chi connectivity index (χ4v) is 1.44. The molecule has 0 atom stereocenters. The molecule has 1 rings (SSSR count). The van der Waals surface area contributed by atoms with E-state index in [-0.39, 0.29) is 10.6 Å². The van der Waals surface area contributed by atoms with Crippen LogP contribution in [0.3, 0.4) is 0 Å². The maximum atomic E-state index is 10.8. The zero-order chi connectivity index (χ0) is 11.4. The highest BCUT2D eigenvalue weighted by atomic mass is 16.6. The minimum absolute atomic E-state index is 0.0882. The van der Waals surface area contributed by atoms with Crippen molar-refractivity contribution >= 4 is 11.5 Å². The molecular weight excluding hydrogens is 196 g/mol. The van der Waals surface area contributed by atoms with E-state index in [1.165, 1.54) is 0 Å². The fraction of sp³-hybridized carbons (Fsp3) is 0.667. The Bertz CT molecular complexity index is 359. The maximum absolute atomic E-state index is 10.8. The summed E-state index contributed by atoms with van der Waals surface area (Å²) in [5, 5.41) is 18.0. The minimum Gasteiger partial charge on any atom is -0.365 e. The molecule has 1 aromatic rings. The van der Waals surface area contributed by atoms with E-state index < -0.39 is 0 Å². The zero-order valence-electron chi connectivity index (χ0n) is 9.28. The Hall–Kier alpha value is -1.59. The number of nitrogens with zero attached hydrogens (tertiary/aromatic N) is 3. The molecule has 0 fully saturated rings. The fourth-order valence-electron chi connectivity index (χ4n) is 1.44. The maximum Gasteiger partial charge on any atom is 0.333 e. The van der Waals surface area contributed by atoms with Crippen LogP contribution in [-0.4, -0.2) is 21.2 Å². The van der Waals surface area contributed by atoms with Crippen LogP contribution in [0.15, 0.2) is 0 Å². The highest BCUT2D eigenvalue weighted by molar-refractivity contribution is 5.59. The van der Waals surface area contributed by atoms with Crippen LogP contribution >= 0.6 is 0 Å².